The van der Waals surface area contributed by atoms with Crippen molar-refractivity contribution in [3.05, 3.63) is 102 Å². The fourth-order valence-electron chi connectivity index (χ4n) is 4.87. The van der Waals surface area contributed by atoms with Crippen molar-refractivity contribution in [3.8, 4) is 5.75 Å². The van der Waals surface area contributed by atoms with Crippen molar-refractivity contribution in [1.82, 2.24) is 9.80 Å². The second-order valence-electron chi connectivity index (χ2n) is 10.4. The second-order valence-corrected chi connectivity index (χ2v) is 10.4. The van der Waals surface area contributed by atoms with E-state index in [0.29, 0.717) is 12.2 Å². The van der Waals surface area contributed by atoms with Gasteiger partial charge in [-0.25, -0.2) is 14.5 Å². The van der Waals surface area contributed by atoms with Crippen molar-refractivity contribution in [1.29, 1.82) is 0 Å². The number of rotatable bonds is 13. The molecule has 3 amide bonds. The minimum Gasteiger partial charge on any atom is -0.497 e. The van der Waals surface area contributed by atoms with E-state index in [1.807, 2.05) is 60.7 Å². The molecular weight excluding hydrogens is 552 g/mol. The minimum atomic E-state index is -1.19. The third-order valence-corrected chi connectivity index (χ3v) is 7.41. The van der Waals surface area contributed by atoms with Gasteiger partial charge in [-0.15, -0.1) is 0 Å². The Balaban J connectivity index is 1.47. The predicted octanol–water partition coefficient (Wildman–Crippen LogP) is 4.38. The summed E-state index contributed by atoms with van der Waals surface area (Å²) in [5.41, 5.74) is 2.43. The standard InChI is InChI=1S/C33H36N2O8/c1-23(34(19-25-13-15-29(41-2)16-14-25)32(39)42-21-26-11-7-4-8-12-26)30(37)18-27(20-36)31(38)35-28(22-43-33(35)40)17-24-9-5-3-6-10-24/h3-16,23,27-28,36H,17-22H2,1-2H3/t23-,27+,28+/m0/s1. The number of aliphatic hydroxyl groups is 1. The van der Waals surface area contributed by atoms with Crippen LogP contribution in [0.2, 0.25) is 0 Å². The van der Waals surface area contributed by atoms with Gasteiger partial charge >= 0.3 is 12.2 Å². The molecule has 0 aromatic heterocycles. The number of imide groups is 1. The number of cyclic esters (lactones) is 1. The van der Waals surface area contributed by atoms with Gasteiger partial charge in [0.15, 0.2) is 5.78 Å². The molecule has 43 heavy (non-hydrogen) atoms. The lowest BCUT2D eigenvalue weighted by Crippen LogP contribution is -2.47. The van der Waals surface area contributed by atoms with Gasteiger partial charge in [0, 0.05) is 13.0 Å². The number of ketones is 1. The number of carbonyl (C=O) groups is 4. The van der Waals surface area contributed by atoms with E-state index in [0.717, 1.165) is 21.6 Å². The molecule has 3 aromatic carbocycles. The molecule has 0 bridgehead atoms. The summed E-state index contributed by atoms with van der Waals surface area (Å²) in [6.45, 7) is 0.981. The summed E-state index contributed by atoms with van der Waals surface area (Å²) >= 11 is 0. The minimum absolute atomic E-state index is 0.0112. The number of nitrogens with zero attached hydrogens (tertiary/aromatic N) is 2. The topological polar surface area (TPSA) is 123 Å². The van der Waals surface area contributed by atoms with Crippen molar-refractivity contribution in [2.24, 2.45) is 5.92 Å². The Morgan fingerprint density at radius 2 is 1.58 bits per heavy atom. The van der Waals surface area contributed by atoms with Gasteiger partial charge in [0.05, 0.1) is 31.7 Å². The van der Waals surface area contributed by atoms with E-state index in [2.05, 4.69) is 0 Å². The molecule has 3 aromatic rings. The van der Waals surface area contributed by atoms with Crippen molar-refractivity contribution >= 4 is 23.9 Å². The number of Topliss-reactive ketones (excluding diaryl/α,β-unsaturated/α-hetero) is 1. The van der Waals surface area contributed by atoms with Crippen molar-refractivity contribution in [3.63, 3.8) is 0 Å². The van der Waals surface area contributed by atoms with Crippen LogP contribution in [0.5, 0.6) is 5.75 Å². The molecule has 1 heterocycles. The van der Waals surface area contributed by atoms with E-state index in [1.165, 1.54) is 4.90 Å². The molecule has 0 saturated carbocycles. The summed E-state index contributed by atoms with van der Waals surface area (Å²) in [5, 5.41) is 10.1. The summed E-state index contributed by atoms with van der Waals surface area (Å²) in [6.07, 6.45) is -1.53. The van der Waals surface area contributed by atoms with E-state index >= 15 is 0 Å². The van der Waals surface area contributed by atoms with E-state index in [-0.39, 0.29) is 26.2 Å². The lowest BCUT2D eigenvalue weighted by molar-refractivity contribution is -0.138. The predicted molar refractivity (Wildman–Crippen MR) is 157 cm³/mol. The summed E-state index contributed by atoms with van der Waals surface area (Å²) in [4.78, 5) is 55.1. The van der Waals surface area contributed by atoms with Gasteiger partial charge in [0.25, 0.3) is 0 Å². The maximum atomic E-state index is 13.5. The Kier molecular flexibility index (Phi) is 10.9. The Hall–Kier alpha value is -4.70. The first-order valence-corrected chi connectivity index (χ1v) is 14.1. The van der Waals surface area contributed by atoms with Crippen LogP contribution >= 0.6 is 0 Å². The highest BCUT2D eigenvalue weighted by molar-refractivity contribution is 5.98. The van der Waals surface area contributed by atoms with Gasteiger partial charge < -0.3 is 19.3 Å². The number of amides is 3. The van der Waals surface area contributed by atoms with E-state index in [1.54, 1.807) is 38.3 Å². The molecule has 0 spiro atoms. The number of ether oxygens (including phenoxy) is 3. The lowest BCUT2D eigenvalue weighted by Gasteiger charge is -2.29. The number of methoxy groups -OCH3 is 1. The molecule has 0 unspecified atom stereocenters. The van der Waals surface area contributed by atoms with Crippen LogP contribution in [0.25, 0.3) is 0 Å². The average Bonchev–Trinajstić information content (AvgIpc) is 3.40. The molecule has 1 aliphatic rings. The highest BCUT2D eigenvalue weighted by Crippen LogP contribution is 2.23. The number of hydrogen-bond acceptors (Lipinski definition) is 8. The Morgan fingerprint density at radius 3 is 2.19 bits per heavy atom. The van der Waals surface area contributed by atoms with Crippen LogP contribution in [-0.2, 0) is 38.6 Å². The van der Waals surface area contributed by atoms with Gasteiger partial charge in [0.2, 0.25) is 5.91 Å². The molecule has 10 heteroatoms. The first-order valence-electron chi connectivity index (χ1n) is 14.1. The SMILES string of the molecule is COc1ccc(CN(C(=O)OCc2ccccc2)[C@@H](C)C(=O)C[C@H](CO)C(=O)N2C(=O)OC[C@H]2Cc2ccccc2)cc1. The number of hydrogen-bond donors (Lipinski definition) is 1. The van der Waals surface area contributed by atoms with E-state index < -0.39 is 48.5 Å². The zero-order valence-electron chi connectivity index (χ0n) is 24.3. The van der Waals surface area contributed by atoms with Crippen LogP contribution in [0.15, 0.2) is 84.9 Å². The fraction of sp³-hybridized carbons (Fsp3) is 0.333. The van der Waals surface area contributed by atoms with E-state index in [9.17, 15) is 24.3 Å². The van der Waals surface area contributed by atoms with Crippen LogP contribution in [0, 0.1) is 5.92 Å². The molecule has 1 aliphatic heterocycles. The van der Waals surface area contributed by atoms with Crippen molar-refractivity contribution in [2.75, 3.05) is 20.3 Å². The van der Waals surface area contributed by atoms with Crippen LogP contribution < -0.4 is 4.74 Å². The molecule has 1 fully saturated rings. The Morgan fingerprint density at radius 1 is 0.953 bits per heavy atom. The summed E-state index contributed by atoms with van der Waals surface area (Å²) in [5.74, 6) is -1.71. The first-order chi connectivity index (χ1) is 20.8. The van der Waals surface area contributed by atoms with Gasteiger partial charge in [-0.2, -0.15) is 0 Å². The molecule has 1 N–H and O–H groups in total. The molecule has 4 rings (SSSR count). The summed E-state index contributed by atoms with van der Waals surface area (Å²) in [6, 6.07) is 24.0. The van der Waals surface area contributed by atoms with Crippen LogP contribution in [-0.4, -0.2) is 71.2 Å². The molecule has 10 nitrogen and oxygen atoms in total. The van der Waals surface area contributed by atoms with Crippen molar-refractivity contribution < 1.29 is 38.5 Å². The van der Waals surface area contributed by atoms with Gasteiger partial charge in [0.1, 0.15) is 19.0 Å². The quantitative estimate of drug-likeness (QED) is 0.312. The zero-order chi connectivity index (χ0) is 30.8. The van der Waals surface area contributed by atoms with Crippen molar-refractivity contribution in [2.45, 2.75) is 45.0 Å². The molecule has 1 saturated heterocycles. The highest BCUT2D eigenvalue weighted by Gasteiger charge is 2.42. The second kappa shape index (κ2) is 15.0. The fourth-order valence-corrected chi connectivity index (χ4v) is 4.87. The molecule has 0 aliphatic carbocycles. The smallest absolute Gasteiger partial charge is 0.416 e. The Bertz CT molecular complexity index is 1380. The van der Waals surface area contributed by atoms with Crippen LogP contribution in [0.1, 0.15) is 30.0 Å². The summed E-state index contributed by atoms with van der Waals surface area (Å²) < 4.78 is 15.9. The molecule has 226 valence electrons. The van der Waals surface area contributed by atoms with Crippen LogP contribution in [0.3, 0.4) is 0 Å². The third-order valence-electron chi connectivity index (χ3n) is 7.41. The van der Waals surface area contributed by atoms with Crippen LogP contribution in [0.4, 0.5) is 9.59 Å². The summed E-state index contributed by atoms with van der Waals surface area (Å²) in [7, 11) is 1.55. The van der Waals surface area contributed by atoms with Gasteiger partial charge in [-0.1, -0.05) is 72.8 Å². The monoisotopic (exact) mass is 588 g/mol. The molecule has 0 radical (unpaired) electrons. The number of aliphatic hydroxyl groups excluding tert-OH is 1. The Labute approximate surface area is 250 Å². The first kappa shape index (κ1) is 31.2. The number of benzene rings is 3. The van der Waals surface area contributed by atoms with Gasteiger partial charge in [-0.3, -0.25) is 14.5 Å². The zero-order valence-corrected chi connectivity index (χ0v) is 24.3. The lowest BCUT2D eigenvalue weighted by atomic mass is 9.96. The van der Waals surface area contributed by atoms with Gasteiger partial charge in [-0.05, 0) is 42.2 Å². The largest absolute Gasteiger partial charge is 0.497 e. The number of carbonyl (C=O) groups excluding carboxylic acids is 4. The third kappa shape index (κ3) is 8.20. The molecular formula is C33H36N2O8. The normalized spacial score (nSPS) is 15.7. The maximum Gasteiger partial charge on any atom is 0.416 e. The highest BCUT2D eigenvalue weighted by atomic mass is 16.6. The maximum absolute atomic E-state index is 13.5. The molecule has 3 atom stereocenters. The average molecular weight is 589 g/mol. The van der Waals surface area contributed by atoms with E-state index in [4.69, 9.17) is 14.2 Å².